The highest BCUT2D eigenvalue weighted by molar-refractivity contribution is 7.92. The van der Waals surface area contributed by atoms with E-state index in [9.17, 15) is 13.2 Å². The van der Waals surface area contributed by atoms with Crippen molar-refractivity contribution < 1.29 is 13.2 Å². The maximum absolute atomic E-state index is 12.4. The molecule has 0 bridgehead atoms. The van der Waals surface area contributed by atoms with Gasteiger partial charge in [-0.25, -0.2) is 8.42 Å². The first kappa shape index (κ1) is 17.2. The molecule has 0 radical (unpaired) electrons. The molecule has 0 aliphatic carbocycles. The van der Waals surface area contributed by atoms with Crippen molar-refractivity contribution in [2.45, 2.75) is 0 Å². The second kappa shape index (κ2) is 7.06. The van der Waals surface area contributed by atoms with Crippen LogP contribution >= 0.6 is 0 Å². The van der Waals surface area contributed by atoms with E-state index >= 15 is 0 Å². The van der Waals surface area contributed by atoms with E-state index in [0.717, 1.165) is 11.9 Å². The molecule has 0 unspecified atom stereocenters. The van der Waals surface area contributed by atoms with Crippen LogP contribution in [0.3, 0.4) is 0 Å². The van der Waals surface area contributed by atoms with Crippen LogP contribution in [-0.2, 0) is 10.0 Å². The Labute approximate surface area is 146 Å². The number of hydrogen-bond acceptors (Lipinski definition) is 6. The Bertz CT molecular complexity index is 832. The zero-order valence-electron chi connectivity index (χ0n) is 13.8. The summed E-state index contributed by atoms with van der Waals surface area (Å²) in [5, 5.41) is 7.60. The van der Waals surface area contributed by atoms with E-state index in [2.05, 4.69) is 19.8 Å². The van der Waals surface area contributed by atoms with Crippen LogP contribution in [-0.4, -0.2) is 61.9 Å². The van der Waals surface area contributed by atoms with Crippen LogP contribution in [0, 0.1) is 0 Å². The fraction of sp³-hybridized carbons (Fsp3) is 0.312. The lowest BCUT2D eigenvalue weighted by atomic mass is 10.2. The third-order valence-corrected chi connectivity index (χ3v) is 4.50. The normalized spacial score (nSPS) is 15.1. The quantitative estimate of drug-likeness (QED) is 0.866. The van der Waals surface area contributed by atoms with E-state index in [0.29, 0.717) is 37.6 Å². The molecule has 1 fully saturated rings. The molecule has 1 saturated heterocycles. The van der Waals surface area contributed by atoms with Crippen molar-refractivity contribution in [1.82, 2.24) is 15.1 Å². The molecule has 3 rings (SSSR count). The average Bonchev–Trinajstić information content (AvgIpc) is 2.61. The second-order valence-corrected chi connectivity index (χ2v) is 7.56. The fourth-order valence-electron chi connectivity index (χ4n) is 2.70. The van der Waals surface area contributed by atoms with Gasteiger partial charge in [0.2, 0.25) is 10.0 Å². The second-order valence-electron chi connectivity index (χ2n) is 5.81. The van der Waals surface area contributed by atoms with Crippen molar-refractivity contribution in [2.24, 2.45) is 0 Å². The average molecular weight is 361 g/mol. The summed E-state index contributed by atoms with van der Waals surface area (Å²) in [5.74, 6) is -0.111. The van der Waals surface area contributed by atoms with Gasteiger partial charge in [0, 0.05) is 43.8 Å². The molecule has 25 heavy (non-hydrogen) atoms. The van der Waals surface area contributed by atoms with Gasteiger partial charge in [0.1, 0.15) is 0 Å². The van der Waals surface area contributed by atoms with Crippen LogP contribution in [0.2, 0.25) is 0 Å². The summed E-state index contributed by atoms with van der Waals surface area (Å²) in [7, 11) is -3.28. The highest BCUT2D eigenvalue weighted by atomic mass is 32.2. The van der Waals surface area contributed by atoms with Crippen LogP contribution in [0.25, 0.3) is 0 Å². The molecular formula is C16H19N5O3S. The molecule has 0 saturated carbocycles. The summed E-state index contributed by atoms with van der Waals surface area (Å²) in [6, 6.07) is 10.6. The smallest absolute Gasteiger partial charge is 0.274 e. The number of piperazine rings is 1. The summed E-state index contributed by atoms with van der Waals surface area (Å²) in [6.07, 6.45) is 2.66. The van der Waals surface area contributed by atoms with Gasteiger partial charge in [-0.15, -0.1) is 5.10 Å². The Morgan fingerprint density at radius 2 is 1.76 bits per heavy atom. The number of amides is 1. The van der Waals surface area contributed by atoms with Gasteiger partial charge in [-0.2, -0.15) is 5.10 Å². The number of rotatable bonds is 4. The highest BCUT2D eigenvalue weighted by Crippen LogP contribution is 2.20. The molecule has 132 valence electrons. The van der Waals surface area contributed by atoms with Gasteiger partial charge >= 0.3 is 0 Å². The van der Waals surface area contributed by atoms with Gasteiger partial charge in [-0.3, -0.25) is 9.52 Å². The van der Waals surface area contributed by atoms with Crippen LogP contribution < -0.4 is 9.62 Å². The van der Waals surface area contributed by atoms with Gasteiger partial charge in [-0.1, -0.05) is 0 Å². The largest absolute Gasteiger partial charge is 0.368 e. The molecule has 1 aromatic carbocycles. The topological polar surface area (TPSA) is 95.5 Å². The molecule has 1 N–H and O–H groups in total. The van der Waals surface area contributed by atoms with E-state index in [1.807, 2.05) is 12.1 Å². The molecule has 1 aliphatic heterocycles. The molecule has 1 amide bonds. The number of carbonyl (C=O) groups excluding carboxylic acids is 1. The standard InChI is InChI=1S/C16H19N5O3S/c1-25(23,24)19-13-4-6-14(7-5-13)20-9-11-21(12-10-20)16(22)15-3-2-8-17-18-15/h2-8,19H,9-12H2,1H3. The first-order chi connectivity index (χ1) is 11.9. The number of nitrogens with one attached hydrogen (secondary N) is 1. The van der Waals surface area contributed by atoms with Crippen LogP contribution in [0.15, 0.2) is 42.6 Å². The van der Waals surface area contributed by atoms with Crippen LogP contribution in [0.4, 0.5) is 11.4 Å². The predicted octanol–water partition coefficient (Wildman–Crippen LogP) is 0.810. The van der Waals surface area contributed by atoms with Crippen molar-refractivity contribution >= 4 is 27.3 Å². The Balaban J connectivity index is 1.60. The van der Waals surface area contributed by atoms with Crippen molar-refractivity contribution in [1.29, 1.82) is 0 Å². The van der Waals surface area contributed by atoms with Gasteiger partial charge in [0.25, 0.3) is 5.91 Å². The number of carbonyl (C=O) groups is 1. The molecule has 0 spiro atoms. The van der Waals surface area contributed by atoms with Crippen molar-refractivity contribution in [2.75, 3.05) is 42.1 Å². The lowest BCUT2D eigenvalue weighted by molar-refractivity contribution is 0.0739. The summed E-state index contributed by atoms with van der Waals surface area (Å²) in [6.45, 7) is 2.59. The number of benzene rings is 1. The van der Waals surface area contributed by atoms with E-state index in [1.165, 1.54) is 6.20 Å². The SMILES string of the molecule is CS(=O)(=O)Nc1ccc(N2CCN(C(=O)c3cccnn3)CC2)cc1. The van der Waals surface area contributed by atoms with Crippen molar-refractivity contribution in [3.63, 3.8) is 0 Å². The lowest BCUT2D eigenvalue weighted by Gasteiger charge is -2.36. The zero-order valence-corrected chi connectivity index (χ0v) is 14.6. The zero-order chi connectivity index (χ0) is 17.9. The number of aromatic nitrogens is 2. The van der Waals surface area contributed by atoms with Crippen molar-refractivity contribution in [3.05, 3.63) is 48.3 Å². The first-order valence-corrected chi connectivity index (χ1v) is 9.71. The Hall–Kier alpha value is -2.68. The minimum Gasteiger partial charge on any atom is -0.368 e. The minimum atomic E-state index is -3.28. The van der Waals surface area contributed by atoms with Gasteiger partial charge in [0.05, 0.1) is 6.26 Å². The van der Waals surface area contributed by atoms with Gasteiger partial charge in [-0.05, 0) is 36.4 Å². The van der Waals surface area contributed by atoms with Crippen molar-refractivity contribution in [3.8, 4) is 0 Å². The number of anilines is 2. The summed E-state index contributed by atoms with van der Waals surface area (Å²) in [5.41, 5.74) is 1.88. The maximum atomic E-state index is 12.4. The number of hydrogen-bond donors (Lipinski definition) is 1. The van der Waals surface area contributed by atoms with Gasteiger partial charge < -0.3 is 9.80 Å². The predicted molar refractivity (Wildman–Crippen MR) is 95.1 cm³/mol. The van der Waals surface area contributed by atoms with E-state index < -0.39 is 10.0 Å². The number of sulfonamides is 1. The molecule has 8 nitrogen and oxygen atoms in total. The molecular weight excluding hydrogens is 342 g/mol. The Morgan fingerprint density at radius 3 is 2.32 bits per heavy atom. The third kappa shape index (κ3) is 4.44. The Kier molecular flexibility index (Phi) is 4.84. The third-order valence-electron chi connectivity index (χ3n) is 3.89. The molecule has 1 aromatic heterocycles. The van der Waals surface area contributed by atoms with E-state index in [4.69, 9.17) is 0 Å². The fourth-order valence-corrected chi connectivity index (χ4v) is 3.26. The van der Waals surface area contributed by atoms with Crippen LogP contribution in [0.5, 0.6) is 0 Å². The minimum absolute atomic E-state index is 0.111. The summed E-state index contributed by atoms with van der Waals surface area (Å²) < 4.78 is 24.9. The molecule has 9 heteroatoms. The molecule has 0 atom stereocenters. The molecule has 1 aliphatic rings. The maximum Gasteiger partial charge on any atom is 0.274 e. The van der Waals surface area contributed by atoms with Crippen LogP contribution in [0.1, 0.15) is 10.5 Å². The first-order valence-electron chi connectivity index (χ1n) is 7.82. The number of nitrogens with zero attached hydrogens (tertiary/aromatic N) is 4. The molecule has 2 aromatic rings. The Morgan fingerprint density at radius 1 is 1.08 bits per heavy atom. The van der Waals surface area contributed by atoms with Gasteiger partial charge in [0.15, 0.2) is 5.69 Å². The monoisotopic (exact) mass is 361 g/mol. The summed E-state index contributed by atoms with van der Waals surface area (Å²) in [4.78, 5) is 16.3. The van der Waals surface area contributed by atoms with E-state index in [-0.39, 0.29) is 5.91 Å². The highest BCUT2D eigenvalue weighted by Gasteiger charge is 2.23. The van der Waals surface area contributed by atoms with E-state index in [1.54, 1.807) is 29.2 Å². The lowest BCUT2D eigenvalue weighted by Crippen LogP contribution is -2.49. The summed E-state index contributed by atoms with van der Waals surface area (Å²) >= 11 is 0. The molecule has 2 heterocycles.